The van der Waals surface area contributed by atoms with Gasteiger partial charge in [0.05, 0.1) is 17.2 Å². The number of hydrogen-bond acceptors (Lipinski definition) is 14. The summed E-state index contributed by atoms with van der Waals surface area (Å²) in [6.07, 6.45) is 7.52. The van der Waals surface area contributed by atoms with Gasteiger partial charge in [-0.05, 0) is 176 Å². The van der Waals surface area contributed by atoms with Crippen molar-refractivity contribution < 1.29 is 62.7 Å². The van der Waals surface area contributed by atoms with Crippen LogP contribution in [-0.2, 0) is 18.9 Å². The highest BCUT2D eigenvalue weighted by atomic mass is 16.6. The molecule has 0 atom stereocenters. The van der Waals surface area contributed by atoms with Crippen LogP contribution < -0.4 is 26.0 Å². The molecule has 0 aliphatic rings. The van der Waals surface area contributed by atoms with Crippen LogP contribution in [0.25, 0.3) is 0 Å². The number of nitrogens with zero attached hydrogens (tertiary/aromatic N) is 2. The second-order valence-corrected chi connectivity index (χ2v) is 20.0. The number of esters is 1. The van der Waals surface area contributed by atoms with Crippen molar-refractivity contribution in [1.29, 1.82) is 5.26 Å². The second kappa shape index (κ2) is 32.5. The maximum absolute atomic E-state index is 12.8. The van der Waals surface area contributed by atoms with Crippen LogP contribution in [0, 0.1) is 36.0 Å². The van der Waals surface area contributed by atoms with E-state index in [2.05, 4.69) is 58.8 Å². The number of phenolic OH excluding ortho intramolecular Hbond substituents is 1. The molecule has 0 saturated carbocycles. The van der Waals surface area contributed by atoms with Crippen LogP contribution in [0.3, 0.4) is 0 Å². The Labute approximate surface area is 454 Å². The summed E-state index contributed by atoms with van der Waals surface area (Å²) in [5.74, 6) is 3.41. The molecule has 0 spiro atoms. The molecule has 0 fully saturated rings. The lowest BCUT2D eigenvalue weighted by Crippen LogP contribution is -2.28. The quantitative estimate of drug-likeness (QED) is 0.0373. The SMILES string of the molecule is C#Cc1cccc(O)c1.C#Cc1cccc(OC(=O)c2cc(NC(=O)OC(C)(C)C)cc(NC(=O)OC(C)(C)C)c2)c1.CC#N.CC(C)(C)OC(=O)Nc1cc(NC(=O)OC(C)(C)C)cc(C(=O)O)c1.CCN(CC)CC. The third-order valence-electron chi connectivity index (χ3n) is 8.50. The number of terminal acetylenes is 2. The molecule has 416 valence electrons. The number of carbonyl (C=O) groups is 6. The first-order valence-electron chi connectivity index (χ1n) is 24.2. The number of benzene rings is 4. The molecule has 0 radical (unpaired) electrons. The van der Waals surface area contributed by atoms with Crippen LogP contribution in [-0.4, -0.2) is 93.5 Å². The average Bonchev–Trinajstić information content (AvgIpc) is 3.27. The van der Waals surface area contributed by atoms with E-state index in [1.807, 2.05) is 0 Å². The molecule has 0 heterocycles. The minimum absolute atomic E-state index is 0.0701. The van der Waals surface area contributed by atoms with Gasteiger partial charge in [-0.1, -0.05) is 44.7 Å². The standard InChI is InChI=1S/C25H28N2O6.C17H24N2O6.C8H6O.C6H15N.C2H3N/c1-8-16-10-9-11-20(12-16)31-21(28)17-13-18(26-22(29)32-24(2,3)4)15-19(14-17)27-23(30)33-25(5,6)7;1-16(2,3)24-14(22)18-11-7-10(13(20)21)8-12(9-11)19-15(23)25-17(4,5)6;1-2-7-4-3-5-8(9)6-7;1-4-7(5-2)6-3;1-2-3/h1,9-15H,2-7H3,(H,26,29)(H,27,30);7-9H,1-6H3,(H,18,22)(H,19,23)(H,20,21);1,3-6,9H;4-6H2,1-3H3;1H3. The molecule has 0 aliphatic heterocycles. The summed E-state index contributed by atoms with van der Waals surface area (Å²) in [6, 6.07) is 23.0. The van der Waals surface area contributed by atoms with E-state index in [-0.39, 0.29) is 45.4 Å². The number of aromatic hydroxyl groups is 1. The lowest BCUT2D eigenvalue weighted by atomic mass is 10.1. The maximum atomic E-state index is 12.8. The Morgan fingerprint density at radius 1 is 0.532 bits per heavy atom. The van der Waals surface area contributed by atoms with Crippen LogP contribution in [0.5, 0.6) is 11.5 Å². The van der Waals surface area contributed by atoms with Crippen molar-refractivity contribution in [3.8, 4) is 42.3 Å². The van der Waals surface area contributed by atoms with Crippen LogP contribution >= 0.6 is 0 Å². The number of ether oxygens (including phenoxy) is 5. The Bertz CT molecular complexity index is 2620. The molecule has 0 aromatic heterocycles. The highest BCUT2D eigenvalue weighted by Crippen LogP contribution is 2.25. The molecular weight excluding hydrogens is 989 g/mol. The third kappa shape index (κ3) is 32.9. The van der Waals surface area contributed by atoms with Crippen molar-refractivity contribution >= 4 is 59.1 Å². The Morgan fingerprint density at radius 2 is 0.844 bits per heavy atom. The van der Waals surface area contributed by atoms with Gasteiger partial charge in [-0.25, -0.2) is 28.8 Å². The Kier molecular flexibility index (Phi) is 28.9. The summed E-state index contributed by atoms with van der Waals surface area (Å²) < 4.78 is 26.1. The molecule has 0 bridgehead atoms. The van der Waals surface area contributed by atoms with Crippen LogP contribution in [0.1, 0.15) is 143 Å². The first-order valence-corrected chi connectivity index (χ1v) is 24.2. The van der Waals surface area contributed by atoms with Crippen LogP contribution in [0.15, 0.2) is 84.9 Å². The average molecular weight is 1070 g/mol. The predicted molar refractivity (Wildman–Crippen MR) is 299 cm³/mol. The van der Waals surface area contributed by atoms with Gasteiger partial charge < -0.3 is 38.8 Å². The topological polar surface area (TPSA) is 264 Å². The molecule has 4 amide bonds. The largest absolute Gasteiger partial charge is 0.508 e. The molecule has 6 N–H and O–H groups in total. The molecule has 19 nitrogen and oxygen atoms in total. The molecule has 4 aromatic rings. The van der Waals surface area contributed by atoms with E-state index in [1.165, 1.54) is 63.0 Å². The van der Waals surface area contributed by atoms with Crippen molar-refractivity contribution in [2.75, 3.05) is 40.9 Å². The van der Waals surface area contributed by atoms with E-state index in [9.17, 15) is 33.9 Å². The molecule has 4 rings (SSSR count). The number of carboxylic acid groups (broad SMARTS) is 1. The number of carboxylic acids is 1. The number of hydrogen-bond donors (Lipinski definition) is 6. The minimum Gasteiger partial charge on any atom is -0.508 e. The van der Waals surface area contributed by atoms with Crippen LogP contribution in [0.4, 0.5) is 41.9 Å². The monoisotopic (exact) mass is 1060 g/mol. The predicted octanol–water partition coefficient (Wildman–Crippen LogP) is 12.9. The molecule has 0 saturated heterocycles. The second-order valence-electron chi connectivity index (χ2n) is 20.0. The lowest BCUT2D eigenvalue weighted by molar-refractivity contribution is 0.0623. The number of phenols is 1. The van der Waals surface area contributed by atoms with E-state index in [0.29, 0.717) is 11.1 Å². The number of nitrogens with one attached hydrogen (secondary N) is 4. The highest BCUT2D eigenvalue weighted by molar-refractivity contribution is 5.98. The number of anilines is 4. The molecular formula is C58H76N6O13. The van der Waals surface area contributed by atoms with Gasteiger partial charge >= 0.3 is 36.3 Å². The smallest absolute Gasteiger partial charge is 0.412 e. The summed E-state index contributed by atoms with van der Waals surface area (Å²) in [7, 11) is 0. The van der Waals surface area contributed by atoms with E-state index in [4.69, 9.17) is 46.9 Å². The molecule has 4 aromatic carbocycles. The van der Waals surface area contributed by atoms with Gasteiger partial charge in [-0.3, -0.25) is 21.3 Å². The Morgan fingerprint density at radius 3 is 1.10 bits per heavy atom. The minimum atomic E-state index is -1.21. The fourth-order valence-corrected chi connectivity index (χ4v) is 5.55. The fraction of sp³-hybridized carbons (Fsp3) is 0.397. The number of aromatic carboxylic acids is 1. The van der Waals surface area contributed by atoms with E-state index in [1.54, 1.807) is 138 Å². The van der Waals surface area contributed by atoms with Gasteiger partial charge in [0, 0.05) is 40.8 Å². The molecule has 19 heteroatoms. The summed E-state index contributed by atoms with van der Waals surface area (Å²) in [4.78, 5) is 74.5. The first-order chi connectivity index (χ1) is 35.6. The number of amides is 4. The summed E-state index contributed by atoms with van der Waals surface area (Å²) in [5.41, 5.74) is -0.883. The summed E-state index contributed by atoms with van der Waals surface area (Å²) in [6.45, 7) is 32.1. The normalized spacial score (nSPS) is 10.5. The van der Waals surface area contributed by atoms with Gasteiger partial charge in [0.25, 0.3) is 0 Å². The van der Waals surface area contributed by atoms with E-state index in [0.717, 1.165) is 0 Å². The molecule has 0 unspecified atom stereocenters. The lowest BCUT2D eigenvalue weighted by Gasteiger charge is -2.21. The summed E-state index contributed by atoms with van der Waals surface area (Å²) >= 11 is 0. The zero-order valence-electron chi connectivity index (χ0n) is 47.1. The number of carbonyl (C=O) groups excluding carboxylic acids is 5. The first kappa shape index (κ1) is 68.3. The van der Waals surface area contributed by atoms with Gasteiger partial charge in [0.2, 0.25) is 0 Å². The van der Waals surface area contributed by atoms with Crippen molar-refractivity contribution in [2.24, 2.45) is 0 Å². The van der Waals surface area contributed by atoms with Crippen molar-refractivity contribution in [3.05, 3.63) is 107 Å². The van der Waals surface area contributed by atoms with E-state index < -0.39 is 58.7 Å². The molecule has 77 heavy (non-hydrogen) atoms. The number of rotatable bonds is 10. The van der Waals surface area contributed by atoms with Crippen molar-refractivity contribution in [3.63, 3.8) is 0 Å². The van der Waals surface area contributed by atoms with Gasteiger partial charge in [0.15, 0.2) is 0 Å². The van der Waals surface area contributed by atoms with Gasteiger partial charge in [-0.2, -0.15) is 5.26 Å². The van der Waals surface area contributed by atoms with Crippen molar-refractivity contribution in [2.45, 2.75) is 133 Å². The fourth-order valence-electron chi connectivity index (χ4n) is 5.55. The van der Waals surface area contributed by atoms with Gasteiger partial charge in [-0.15, -0.1) is 12.8 Å². The Balaban J connectivity index is 0.00000114. The van der Waals surface area contributed by atoms with Crippen LogP contribution in [0.2, 0.25) is 0 Å². The zero-order valence-corrected chi connectivity index (χ0v) is 47.1. The Hall–Kier alpha value is -8.73. The summed E-state index contributed by atoms with van der Waals surface area (Å²) in [5, 5.41) is 35.3. The van der Waals surface area contributed by atoms with E-state index >= 15 is 0 Å². The maximum Gasteiger partial charge on any atom is 0.412 e. The van der Waals surface area contributed by atoms with Gasteiger partial charge in [0.1, 0.15) is 33.9 Å². The van der Waals surface area contributed by atoms with Crippen molar-refractivity contribution in [1.82, 2.24) is 4.90 Å². The number of nitriles is 1. The zero-order chi connectivity index (χ0) is 59.3. The third-order valence-corrected chi connectivity index (χ3v) is 8.50. The molecule has 0 aliphatic carbocycles. The highest BCUT2D eigenvalue weighted by Gasteiger charge is 2.22.